The smallest absolute Gasteiger partial charge is 0.136 e. The monoisotopic (exact) mass is 266 g/mol. The van der Waals surface area contributed by atoms with Gasteiger partial charge < -0.3 is 0 Å². The van der Waals surface area contributed by atoms with Crippen LogP contribution in [0, 0.1) is 12.3 Å². The fraction of sp³-hybridized carbons (Fsp3) is 0.733. The van der Waals surface area contributed by atoms with E-state index in [-0.39, 0.29) is 0 Å². The molecule has 1 heterocycles. The van der Waals surface area contributed by atoms with Crippen molar-refractivity contribution in [3.63, 3.8) is 0 Å². The molecule has 3 heteroatoms. The predicted octanol–water partition coefficient (Wildman–Crippen LogP) is 4.68. The second kappa shape index (κ2) is 5.16. The maximum absolute atomic E-state index is 6.26. The molecule has 0 radical (unpaired) electrons. The summed E-state index contributed by atoms with van der Waals surface area (Å²) < 4.78 is 0. The maximum atomic E-state index is 6.26. The minimum Gasteiger partial charge on any atom is -0.238 e. The normalized spacial score (nSPS) is 20.1. The van der Waals surface area contributed by atoms with Gasteiger partial charge in [-0.1, -0.05) is 32.4 Å². The summed E-state index contributed by atoms with van der Waals surface area (Å²) in [6.07, 6.45) is 5.80. The second-order valence-electron chi connectivity index (χ2n) is 6.23. The molecule has 1 fully saturated rings. The van der Waals surface area contributed by atoms with Crippen LogP contribution in [0.25, 0.3) is 0 Å². The Morgan fingerprint density at radius 1 is 1.22 bits per heavy atom. The average molecular weight is 267 g/mol. The van der Waals surface area contributed by atoms with Crippen molar-refractivity contribution < 1.29 is 0 Å². The summed E-state index contributed by atoms with van der Waals surface area (Å²) in [4.78, 5) is 9.21. The Morgan fingerprint density at radius 2 is 1.83 bits per heavy atom. The van der Waals surface area contributed by atoms with Gasteiger partial charge in [-0.05, 0) is 44.4 Å². The highest BCUT2D eigenvalue weighted by Gasteiger charge is 2.29. The number of nitrogens with zero attached hydrogens (tertiary/aromatic N) is 2. The quantitative estimate of drug-likeness (QED) is 0.726. The predicted molar refractivity (Wildman–Crippen MR) is 76.1 cm³/mol. The first kappa shape index (κ1) is 13.8. The van der Waals surface area contributed by atoms with Gasteiger partial charge >= 0.3 is 0 Å². The van der Waals surface area contributed by atoms with Gasteiger partial charge in [0.2, 0.25) is 0 Å². The van der Waals surface area contributed by atoms with Gasteiger partial charge in [-0.15, -0.1) is 0 Å². The van der Waals surface area contributed by atoms with Crippen LogP contribution in [0.4, 0.5) is 0 Å². The highest BCUT2D eigenvalue weighted by molar-refractivity contribution is 6.30. The Hall–Kier alpha value is -0.630. The molecule has 0 N–H and O–H groups in total. The lowest BCUT2D eigenvalue weighted by Crippen LogP contribution is -2.21. The highest BCUT2D eigenvalue weighted by atomic mass is 35.5. The molecule has 0 aliphatic heterocycles. The number of hydrogen-bond acceptors (Lipinski definition) is 2. The Morgan fingerprint density at radius 3 is 2.33 bits per heavy atom. The van der Waals surface area contributed by atoms with Crippen molar-refractivity contribution in [3.05, 3.63) is 22.2 Å². The Balaban J connectivity index is 2.20. The summed E-state index contributed by atoms with van der Waals surface area (Å²) >= 11 is 6.26. The molecule has 1 saturated carbocycles. The molecular weight excluding hydrogens is 244 g/mol. The van der Waals surface area contributed by atoms with Crippen molar-refractivity contribution in [3.8, 4) is 0 Å². The molecule has 2 rings (SSSR count). The molecule has 0 bridgehead atoms. The van der Waals surface area contributed by atoms with Crippen molar-refractivity contribution in [2.24, 2.45) is 5.41 Å². The number of hydrogen-bond donors (Lipinski definition) is 0. The van der Waals surface area contributed by atoms with Gasteiger partial charge in [-0.25, -0.2) is 9.97 Å². The van der Waals surface area contributed by atoms with Crippen LogP contribution in [0.5, 0.6) is 0 Å². The third-order valence-corrected chi connectivity index (χ3v) is 4.55. The lowest BCUT2D eigenvalue weighted by molar-refractivity contribution is 0.220. The standard InChI is InChI=1S/C15H23ClN2/c1-5-12-10(2)17-14(18-13(12)16)11-6-8-15(3,4)9-7-11/h11H,5-9H2,1-4H3. The number of halogens is 1. The topological polar surface area (TPSA) is 25.8 Å². The van der Waals surface area contributed by atoms with Gasteiger partial charge in [0, 0.05) is 17.2 Å². The van der Waals surface area contributed by atoms with E-state index >= 15 is 0 Å². The molecule has 1 aromatic heterocycles. The van der Waals surface area contributed by atoms with E-state index in [0.717, 1.165) is 23.5 Å². The summed E-state index contributed by atoms with van der Waals surface area (Å²) in [6.45, 7) is 8.84. The van der Waals surface area contributed by atoms with E-state index < -0.39 is 0 Å². The zero-order chi connectivity index (χ0) is 13.3. The minimum absolute atomic E-state index is 0.485. The largest absolute Gasteiger partial charge is 0.238 e. The Bertz CT molecular complexity index is 407. The Kier molecular flexibility index (Phi) is 3.96. The van der Waals surface area contributed by atoms with E-state index in [0.29, 0.717) is 16.5 Å². The van der Waals surface area contributed by atoms with Crippen molar-refractivity contribution >= 4 is 11.6 Å². The van der Waals surface area contributed by atoms with E-state index in [4.69, 9.17) is 11.6 Å². The molecule has 0 atom stereocenters. The minimum atomic E-state index is 0.485. The highest BCUT2D eigenvalue weighted by Crippen LogP contribution is 2.41. The van der Waals surface area contributed by atoms with Gasteiger partial charge in [0.25, 0.3) is 0 Å². The fourth-order valence-corrected chi connectivity index (χ4v) is 3.18. The van der Waals surface area contributed by atoms with Gasteiger partial charge in [0.1, 0.15) is 11.0 Å². The zero-order valence-electron chi connectivity index (χ0n) is 11.9. The fourth-order valence-electron chi connectivity index (χ4n) is 2.82. The molecule has 18 heavy (non-hydrogen) atoms. The molecule has 0 spiro atoms. The summed E-state index contributed by atoms with van der Waals surface area (Å²) in [6, 6.07) is 0. The van der Waals surface area contributed by atoms with Crippen LogP contribution >= 0.6 is 11.6 Å². The van der Waals surface area contributed by atoms with Gasteiger partial charge in [-0.2, -0.15) is 0 Å². The first-order chi connectivity index (χ1) is 8.43. The number of rotatable bonds is 2. The van der Waals surface area contributed by atoms with Crippen molar-refractivity contribution in [2.45, 2.75) is 65.7 Å². The number of aromatic nitrogens is 2. The van der Waals surface area contributed by atoms with Crippen LogP contribution in [-0.2, 0) is 6.42 Å². The molecule has 2 nitrogen and oxygen atoms in total. The molecule has 1 aromatic rings. The van der Waals surface area contributed by atoms with E-state index in [1.165, 1.54) is 25.7 Å². The van der Waals surface area contributed by atoms with Gasteiger partial charge in [0.05, 0.1) is 0 Å². The van der Waals surface area contributed by atoms with Crippen LogP contribution in [0.2, 0.25) is 5.15 Å². The van der Waals surface area contributed by atoms with Gasteiger partial charge in [0.15, 0.2) is 0 Å². The van der Waals surface area contributed by atoms with Crippen LogP contribution in [0.3, 0.4) is 0 Å². The average Bonchev–Trinajstić information content (AvgIpc) is 2.28. The SMILES string of the molecule is CCc1c(C)nc(C2CCC(C)(C)CC2)nc1Cl. The molecule has 1 aliphatic rings. The van der Waals surface area contributed by atoms with Crippen LogP contribution in [0.1, 0.15) is 69.5 Å². The van der Waals surface area contributed by atoms with Crippen molar-refractivity contribution in [1.29, 1.82) is 0 Å². The van der Waals surface area contributed by atoms with E-state index in [9.17, 15) is 0 Å². The van der Waals surface area contributed by atoms with Crippen LogP contribution in [0.15, 0.2) is 0 Å². The first-order valence-corrected chi connectivity index (χ1v) is 7.33. The summed E-state index contributed by atoms with van der Waals surface area (Å²) in [7, 11) is 0. The van der Waals surface area contributed by atoms with E-state index in [1.807, 2.05) is 6.92 Å². The maximum Gasteiger partial charge on any atom is 0.136 e. The summed E-state index contributed by atoms with van der Waals surface area (Å²) in [5.41, 5.74) is 2.63. The van der Waals surface area contributed by atoms with Crippen molar-refractivity contribution in [2.75, 3.05) is 0 Å². The first-order valence-electron chi connectivity index (χ1n) is 6.96. The van der Waals surface area contributed by atoms with Crippen molar-refractivity contribution in [1.82, 2.24) is 9.97 Å². The molecule has 0 saturated heterocycles. The van der Waals surface area contributed by atoms with Crippen LogP contribution in [-0.4, -0.2) is 9.97 Å². The zero-order valence-corrected chi connectivity index (χ0v) is 12.6. The van der Waals surface area contributed by atoms with Gasteiger partial charge in [-0.3, -0.25) is 0 Å². The molecular formula is C15H23ClN2. The molecule has 100 valence electrons. The molecule has 0 aromatic carbocycles. The van der Waals surface area contributed by atoms with Crippen LogP contribution < -0.4 is 0 Å². The number of aryl methyl sites for hydroxylation is 1. The molecule has 0 unspecified atom stereocenters. The molecule has 1 aliphatic carbocycles. The summed E-state index contributed by atoms with van der Waals surface area (Å²) in [5, 5.41) is 0.657. The second-order valence-corrected chi connectivity index (χ2v) is 6.59. The summed E-state index contributed by atoms with van der Waals surface area (Å²) in [5.74, 6) is 1.46. The lowest BCUT2D eigenvalue weighted by atomic mass is 9.73. The lowest BCUT2D eigenvalue weighted by Gasteiger charge is -2.33. The third kappa shape index (κ3) is 2.85. The van der Waals surface area contributed by atoms with E-state index in [2.05, 4.69) is 30.7 Å². The molecule has 0 amide bonds. The van der Waals surface area contributed by atoms with E-state index in [1.54, 1.807) is 0 Å². The Labute approximate surface area is 115 Å². The third-order valence-electron chi connectivity index (χ3n) is 4.24.